The summed E-state index contributed by atoms with van der Waals surface area (Å²) in [6.45, 7) is 15.9. The van der Waals surface area contributed by atoms with Crippen molar-refractivity contribution in [2.24, 2.45) is 17.3 Å². The van der Waals surface area contributed by atoms with Crippen LogP contribution in [0.2, 0.25) is 0 Å². The lowest BCUT2D eigenvalue weighted by Gasteiger charge is -2.64. The minimum atomic E-state index is -1.17. The number of amides is 4. The Labute approximate surface area is 312 Å². The first kappa shape index (κ1) is 37.7. The van der Waals surface area contributed by atoms with Gasteiger partial charge >= 0.3 is 19.3 Å². The summed E-state index contributed by atoms with van der Waals surface area (Å²) >= 11 is 0. The van der Waals surface area contributed by atoms with Crippen LogP contribution in [-0.4, -0.2) is 103 Å². The van der Waals surface area contributed by atoms with Crippen molar-refractivity contribution in [2.45, 2.75) is 135 Å². The fourth-order valence-electron chi connectivity index (χ4n) is 9.66. The third kappa shape index (κ3) is 7.30. The van der Waals surface area contributed by atoms with E-state index in [0.717, 1.165) is 43.2 Å². The van der Waals surface area contributed by atoms with Gasteiger partial charge in [0.1, 0.15) is 24.8 Å². The number of carbonyl (C=O) groups excluding carboxylic acids is 4. The van der Waals surface area contributed by atoms with Crippen LogP contribution in [0.3, 0.4) is 0 Å². The second kappa shape index (κ2) is 14.9. The number of ether oxygens (including phenoxy) is 3. The first-order valence-corrected chi connectivity index (χ1v) is 19.4. The van der Waals surface area contributed by atoms with Gasteiger partial charge in [0.15, 0.2) is 0 Å². The number of fused-ring (bicyclic) bond motifs is 1. The quantitative estimate of drug-likeness (QED) is 0.248. The van der Waals surface area contributed by atoms with Crippen LogP contribution in [0.4, 0.5) is 9.59 Å². The molecule has 1 aromatic rings. The molecule has 1 aromatic carbocycles. The number of carbonyl (C=O) groups is 4. The largest absolute Gasteiger partial charge is 0.481 e. The molecule has 4 aliphatic heterocycles. The summed E-state index contributed by atoms with van der Waals surface area (Å²) in [5.41, 5.74) is 2.21. The molecule has 6 fully saturated rings. The van der Waals surface area contributed by atoms with E-state index in [1.54, 1.807) is 11.8 Å². The monoisotopic (exact) mass is 734 g/mol. The Bertz CT molecular complexity index is 1580. The van der Waals surface area contributed by atoms with Crippen molar-refractivity contribution in [3.63, 3.8) is 0 Å². The number of benzene rings is 1. The van der Waals surface area contributed by atoms with Gasteiger partial charge in [0.05, 0.1) is 30.3 Å². The summed E-state index contributed by atoms with van der Waals surface area (Å²) in [5.74, 6) is -0.447. The van der Waals surface area contributed by atoms with Crippen LogP contribution >= 0.6 is 0 Å². The Balaban J connectivity index is 1.06. The third-order valence-corrected chi connectivity index (χ3v) is 12.9. The van der Waals surface area contributed by atoms with Gasteiger partial charge in [0.25, 0.3) is 0 Å². The molecule has 4 heterocycles. The van der Waals surface area contributed by atoms with Gasteiger partial charge in [-0.2, -0.15) is 0 Å². The van der Waals surface area contributed by atoms with E-state index in [0.29, 0.717) is 43.5 Å². The van der Waals surface area contributed by atoms with E-state index in [-0.39, 0.29) is 37.2 Å². The van der Waals surface area contributed by atoms with Crippen LogP contribution in [0.1, 0.15) is 90.7 Å². The van der Waals surface area contributed by atoms with Gasteiger partial charge in [-0.05, 0) is 79.9 Å². The number of likely N-dealkylation sites (tertiary alicyclic amines) is 1. The second-order valence-electron chi connectivity index (χ2n) is 16.8. The molecule has 2 N–H and O–H groups in total. The summed E-state index contributed by atoms with van der Waals surface area (Å²) in [5, 5.41) is 5.83. The van der Waals surface area contributed by atoms with Gasteiger partial charge in [-0.1, -0.05) is 58.0 Å². The predicted molar refractivity (Wildman–Crippen MR) is 195 cm³/mol. The molecule has 7 aliphatic rings. The van der Waals surface area contributed by atoms with E-state index in [4.69, 9.17) is 23.5 Å². The average molecular weight is 735 g/mol. The van der Waals surface area contributed by atoms with Crippen molar-refractivity contribution in [3.05, 3.63) is 47.5 Å². The van der Waals surface area contributed by atoms with Crippen molar-refractivity contribution in [1.82, 2.24) is 20.4 Å². The van der Waals surface area contributed by atoms with Gasteiger partial charge in [-0.3, -0.25) is 14.5 Å². The molecule has 0 spiro atoms. The van der Waals surface area contributed by atoms with E-state index in [2.05, 4.69) is 38.0 Å². The van der Waals surface area contributed by atoms with Crippen molar-refractivity contribution in [3.8, 4) is 0 Å². The SMILES string of the molecule is C=C(C)[C@H](NC(=O)OC[C@@H]1CCCO1)C(=O)N1C[C@H](OC(=O)N2Cc3ccccc3C2)C[C@H]1C(=O)N[C@@H](CCC)B1O[C@@H]2C[C@@H]3C[C@@H](C3(C)C)[C@]2(C)O1. The van der Waals surface area contributed by atoms with Crippen molar-refractivity contribution in [2.75, 3.05) is 19.8 Å². The van der Waals surface area contributed by atoms with Gasteiger partial charge in [0.2, 0.25) is 11.8 Å². The van der Waals surface area contributed by atoms with Crippen LogP contribution in [0.25, 0.3) is 0 Å². The van der Waals surface area contributed by atoms with Crippen LogP contribution in [-0.2, 0) is 46.2 Å². The summed E-state index contributed by atoms with van der Waals surface area (Å²) in [6.07, 6.45) is 2.90. The molecule has 3 saturated heterocycles. The number of nitrogens with one attached hydrogen (secondary N) is 2. The topological polar surface area (TPSA) is 145 Å². The standard InChI is InChI=1S/C39H55BN4O9/c1-7-11-32(40-52-31-17-26-16-30(38(26,4)5)39(31,6)53-40)41-34(45)29-18-28(51-37(48)43-19-24-12-8-9-13-25(24)20-43)21-44(29)35(46)33(23(2)3)42-36(47)50-22-27-14-10-15-49-27/h8-9,12-13,26-33H,2,7,10-11,14-22H2,1,3-6H3,(H,41,45)(H,42,47)/t26-,27-,28+,29-,30-,31+,32-,33-,39-/m0/s1. The van der Waals surface area contributed by atoms with E-state index in [1.807, 2.05) is 31.2 Å². The highest BCUT2D eigenvalue weighted by Crippen LogP contribution is 2.65. The molecule has 2 bridgehead atoms. The molecule has 13 nitrogen and oxygen atoms in total. The molecular formula is C39H55BN4O9. The molecule has 53 heavy (non-hydrogen) atoms. The summed E-state index contributed by atoms with van der Waals surface area (Å²) in [4.78, 5) is 58.0. The maximum Gasteiger partial charge on any atom is 0.481 e. The van der Waals surface area contributed by atoms with E-state index in [9.17, 15) is 19.2 Å². The maximum absolute atomic E-state index is 14.4. The Kier molecular flexibility index (Phi) is 10.6. The van der Waals surface area contributed by atoms with Crippen LogP contribution in [0.5, 0.6) is 0 Å². The zero-order chi connectivity index (χ0) is 37.7. The van der Waals surface area contributed by atoms with Gasteiger partial charge in [0, 0.05) is 26.1 Å². The zero-order valence-corrected chi connectivity index (χ0v) is 31.8. The summed E-state index contributed by atoms with van der Waals surface area (Å²) in [6, 6.07) is 5.68. The summed E-state index contributed by atoms with van der Waals surface area (Å²) < 4.78 is 30.2. The fraction of sp³-hybridized carbons (Fsp3) is 0.692. The normalized spacial score (nSPS) is 31.9. The minimum Gasteiger partial charge on any atom is -0.447 e. The molecule has 0 radical (unpaired) electrons. The highest BCUT2D eigenvalue weighted by atomic mass is 16.7. The van der Waals surface area contributed by atoms with E-state index < -0.39 is 60.8 Å². The molecule has 3 saturated carbocycles. The molecule has 288 valence electrons. The average Bonchev–Trinajstić information content (AvgIpc) is 3.94. The van der Waals surface area contributed by atoms with Crippen molar-refractivity contribution >= 4 is 31.1 Å². The lowest BCUT2D eigenvalue weighted by atomic mass is 9.43. The Hall–Kier alpha value is -3.62. The lowest BCUT2D eigenvalue weighted by molar-refractivity contribution is -0.199. The Morgan fingerprint density at radius 1 is 1.08 bits per heavy atom. The molecule has 3 aliphatic carbocycles. The molecule has 0 unspecified atom stereocenters. The molecule has 4 amide bonds. The smallest absolute Gasteiger partial charge is 0.447 e. The minimum absolute atomic E-state index is 0.0347. The molecule has 14 heteroatoms. The number of nitrogens with zero attached hydrogens (tertiary/aromatic N) is 2. The number of hydrogen-bond donors (Lipinski definition) is 2. The number of hydrogen-bond acceptors (Lipinski definition) is 9. The van der Waals surface area contributed by atoms with E-state index in [1.165, 1.54) is 4.90 Å². The third-order valence-electron chi connectivity index (χ3n) is 12.9. The molecule has 8 rings (SSSR count). The zero-order valence-electron chi connectivity index (χ0n) is 31.8. The van der Waals surface area contributed by atoms with Gasteiger partial charge in [-0.25, -0.2) is 9.59 Å². The van der Waals surface area contributed by atoms with Gasteiger partial charge in [-0.15, -0.1) is 0 Å². The van der Waals surface area contributed by atoms with Crippen molar-refractivity contribution < 1.29 is 42.7 Å². The van der Waals surface area contributed by atoms with Gasteiger partial charge < -0.3 is 39.1 Å². The number of alkyl carbamates (subject to hydrolysis) is 1. The van der Waals surface area contributed by atoms with Crippen molar-refractivity contribution in [1.29, 1.82) is 0 Å². The Morgan fingerprint density at radius 3 is 2.45 bits per heavy atom. The molecular weight excluding hydrogens is 679 g/mol. The number of rotatable bonds is 11. The Morgan fingerprint density at radius 2 is 1.81 bits per heavy atom. The first-order chi connectivity index (χ1) is 25.3. The van der Waals surface area contributed by atoms with E-state index >= 15 is 0 Å². The molecule has 9 atom stereocenters. The van der Waals surface area contributed by atoms with Crippen LogP contribution in [0, 0.1) is 17.3 Å². The summed E-state index contributed by atoms with van der Waals surface area (Å²) in [7, 11) is -0.636. The second-order valence-corrected chi connectivity index (χ2v) is 16.8. The highest BCUT2D eigenvalue weighted by Gasteiger charge is 2.68. The van der Waals surface area contributed by atoms with Crippen LogP contribution in [0.15, 0.2) is 36.4 Å². The maximum atomic E-state index is 14.4. The predicted octanol–water partition coefficient (Wildman–Crippen LogP) is 4.51. The molecule has 0 aromatic heterocycles. The lowest BCUT2D eigenvalue weighted by Crippen LogP contribution is -2.65. The fourth-order valence-corrected chi connectivity index (χ4v) is 9.66. The highest BCUT2D eigenvalue weighted by molar-refractivity contribution is 6.48. The van der Waals surface area contributed by atoms with Crippen LogP contribution < -0.4 is 10.6 Å². The first-order valence-electron chi connectivity index (χ1n) is 19.4.